The summed E-state index contributed by atoms with van der Waals surface area (Å²) in [5, 5.41) is 0. The zero-order valence-corrected chi connectivity index (χ0v) is 10.6. The molecule has 1 aromatic carbocycles. The van der Waals surface area contributed by atoms with Gasteiger partial charge in [0.2, 0.25) is 0 Å². The fourth-order valence-electron chi connectivity index (χ4n) is 2.38. The lowest BCUT2D eigenvalue weighted by Gasteiger charge is -2.23. The van der Waals surface area contributed by atoms with Crippen LogP contribution in [0.1, 0.15) is 37.3 Å². The van der Waals surface area contributed by atoms with Gasteiger partial charge in [0.25, 0.3) is 0 Å². The minimum absolute atomic E-state index is 0.0547. The number of benzene rings is 1. The monoisotopic (exact) mass is 268 g/mol. The van der Waals surface area contributed by atoms with E-state index in [4.69, 9.17) is 5.84 Å². The summed E-state index contributed by atoms with van der Waals surface area (Å²) in [5.41, 5.74) is 5.01. The van der Waals surface area contributed by atoms with E-state index in [1.54, 1.807) is 12.1 Å². The second kappa shape index (κ2) is 6.63. The third kappa shape index (κ3) is 3.75. The van der Waals surface area contributed by atoms with Gasteiger partial charge in [0, 0.05) is 0 Å². The second-order valence-electron chi connectivity index (χ2n) is 4.57. The molecule has 3 N–H and O–H groups in total. The van der Waals surface area contributed by atoms with E-state index in [1.807, 2.05) is 0 Å². The van der Waals surface area contributed by atoms with Gasteiger partial charge in [-0.3, -0.25) is 5.84 Å². The molecule has 0 saturated carbocycles. The summed E-state index contributed by atoms with van der Waals surface area (Å²) in [4.78, 5) is 0. The molecular formula is C14H18F2N2O. The first kappa shape index (κ1) is 14.0. The predicted octanol–water partition coefficient (Wildman–Crippen LogP) is 3.29. The molecule has 1 aliphatic carbocycles. The van der Waals surface area contributed by atoms with Crippen LogP contribution in [0.4, 0.5) is 8.78 Å². The summed E-state index contributed by atoms with van der Waals surface area (Å²) in [6, 6.07) is 6.54. The van der Waals surface area contributed by atoms with Crippen LogP contribution in [-0.2, 0) is 0 Å². The number of hydrazine groups is 1. The van der Waals surface area contributed by atoms with Gasteiger partial charge in [-0.05, 0) is 43.4 Å². The molecule has 3 nitrogen and oxygen atoms in total. The van der Waals surface area contributed by atoms with Gasteiger partial charge in [-0.2, -0.15) is 8.78 Å². The van der Waals surface area contributed by atoms with Crippen molar-refractivity contribution < 1.29 is 13.5 Å². The lowest BCUT2D eigenvalue weighted by molar-refractivity contribution is -0.0498. The number of halogens is 2. The smallest absolute Gasteiger partial charge is 0.387 e. The molecule has 0 saturated heterocycles. The van der Waals surface area contributed by atoms with E-state index in [9.17, 15) is 8.78 Å². The van der Waals surface area contributed by atoms with Crippen LogP contribution in [-0.4, -0.2) is 6.61 Å². The van der Waals surface area contributed by atoms with Gasteiger partial charge in [-0.15, -0.1) is 0 Å². The zero-order valence-electron chi connectivity index (χ0n) is 10.6. The third-order valence-corrected chi connectivity index (χ3v) is 3.30. The molecule has 0 radical (unpaired) electrons. The van der Waals surface area contributed by atoms with Gasteiger partial charge in [0.1, 0.15) is 5.75 Å². The Morgan fingerprint density at radius 3 is 2.42 bits per heavy atom. The van der Waals surface area contributed by atoms with Crippen LogP contribution in [0.5, 0.6) is 5.75 Å². The molecule has 0 heterocycles. The lowest BCUT2D eigenvalue weighted by atomic mass is 9.90. The molecule has 0 spiro atoms. The summed E-state index contributed by atoms with van der Waals surface area (Å²) in [6.07, 6.45) is 6.67. The predicted molar refractivity (Wildman–Crippen MR) is 69.7 cm³/mol. The third-order valence-electron chi connectivity index (χ3n) is 3.30. The van der Waals surface area contributed by atoms with Crippen LogP contribution in [0, 0.1) is 0 Å². The van der Waals surface area contributed by atoms with Crippen LogP contribution < -0.4 is 16.0 Å². The maximum atomic E-state index is 12.1. The van der Waals surface area contributed by atoms with Gasteiger partial charge in [0.05, 0.1) is 6.04 Å². The minimum atomic E-state index is -2.80. The van der Waals surface area contributed by atoms with Gasteiger partial charge < -0.3 is 4.74 Å². The Balaban J connectivity index is 2.12. The average molecular weight is 268 g/mol. The van der Waals surface area contributed by atoms with Crippen LogP contribution >= 0.6 is 0 Å². The Morgan fingerprint density at radius 1 is 1.16 bits per heavy atom. The number of rotatable bonds is 5. The molecule has 0 aromatic heterocycles. The summed E-state index contributed by atoms with van der Waals surface area (Å²) in [5.74, 6) is 5.77. The molecular weight excluding hydrogens is 250 g/mol. The second-order valence-corrected chi connectivity index (χ2v) is 4.57. The Hall–Kier alpha value is -1.46. The van der Waals surface area contributed by atoms with Crippen molar-refractivity contribution in [3.8, 4) is 5.75 Å². The van der Waals surface area contributed by atoms with E-state index in [0.717, 1.165) is 24.8 Å². The van der Waals surface area contributed by atoms with Gasteiger partial charge in [-0.25, -0.2) is 5.43 Å². The highest BCUT2D eigenvalue weighted by atomic mass is 19.3. The highest BCUT2D eigenvalue weighted by molar-refractivity contribution is 5.34. The first-order valence-corrected chi connectivity index (χ1v) is 6.40. The van der Waals surface area contributed by atoms with E-state index in [-0.39, 0.29) is 11.8 Å². The molecule has 0 bridgehead atoms. The molecule has 1 aliphatic rings. The summed E-state index contributed by atoms with van der Waals surface area (Å²) in [6.45, 7) is -2.80. The number of ether oxygens (including phenoxy) is 1. The van der Waals surface area contributed by atoms with E-state index in [2.05, 4.69) is 16.2 Å². The summed E-state index contributed by atoms with van der Waals surface area (Å²) >= 11 is 0. The molecule has 1 aromatic rings. The van der Waals surface area contributed by atoms with Crippen molar-refractivity contribution in [2.75, 3.05) is 0 Å². The fourth-order valence-corrected chi connectivity index (χ4v) is 2.38. The topological polar surface area (TPSA) is 47.3 Å². The summed E-state index contributed by atoms with van der Waals surface area (Å²) < 4.78 is 28.5. The van der Waals surface area contributed by atoms with Crippen LogP contribution in [0.2, 0.25) is 0 Å². The van der Waals surface area contributed by atoms with E-state index < -0.39 is 6.61 Å². The molecule has 19 heavy (non-hydrogen) atoms. The van der Waals surface area contributed by atoms with Crippen molar-refractivity contribution in [1.29, 1.82) is 0 Å². The Morgan fingerprint density at radius 2 is 1.89 bits per heavy atom. The van der Waals surface area contributed by atoms with Crippen molar-refractivity contribution in [1.82, 2.24) is 5.43 Å². The Kier molecular flexibility index (Phi) is 4.87. The average Bonchev–Trinajstić information content (AvgIpc) is 2.42. The quantitative estimate of drug-likeness (QED) is 0.489. The van der Waals surface area contributed by atoms with Crippen molar-refractivity contribution in [2.24, 2.45) is 5.84 Å². The number of nitrogens with one attached hydrogen (secondary N) is 1. The lowest BCUT2D eigenvalue weighted by Crippen LogP contribution is -2.30. The number of alkyl halides is 2. The highest BCUT2D eigenvalue weighted by Crippen LogP contribution is 2.30. The molecule has 2 rings (SSSR count). The summed E-state index contributed by atoms with van der Waals surface area (Å²) in [7, 11) is 0. The zero-order chi connectivity index (χ0) is 13.7. The standard InChI is InChI=1S/C14H18F2N2O/c15-14(16)19-12-8-6-11(7-9-12)13(18-17)10-4-2-1-3-5-10/h4,6-9,13-14,18H,1-3,5,17H2. The first-order valence-electron chi connectivity index (χ1n) is 6.40. The fraction of sp³-hybridized carbons (Fsp3) is 0.429. The maximum absolute atomic E-state index is 12.1. The molecule has 5 heteroatoms. The Bertz CT molecular complexity index is 432. The largest absolute Gasteiger partial charge is 0.435 e. The number of nitrogens with two attached hydrogens (primary N) is 1. The van der Waals surface area contributed by atoms with E-state index >= 15 is 0 Å². The van der Waals surface area contributed by atoms with Crippen molar-refractivity contribution in [3.63, 3.8) is 0 Å². The molecule has 1 atom stereocenters. The minimum Gasteiger partial charge on any atom is -0.435 e. The molecule has 0 aliphatic heterocycles. The van der Waals surface area contributed by atoms with Crippen molar-refractivity contribution >= 4 is 0 Å². The van der Waals surface area contributed by atoms with Crippen LogP contribution in [0.25, 0.3) is 0 Å². The maximum Gasteiger partial charge on any atom is 0.387 e. The SMILES string of the molecule is NNC(C1=CCCCC1)c1ccc(OC(F)F)cc1. The van der Waals surface area contributed by atoms with Gasteiger partial charge in [0.15, 0.2) is 0 Å². The molecule has 1 unspecified atom stereocenters. The number of hydrogen-bond donors (Lipinski definition) is 2. The van der Waals surface area contributed by atoms with Crippen LogP contribution in [0.3, 0.4) is 0 Å². The molecule has 0 fully saturated rings. The molecule has 104 valence electrons. The van der Waals surface area contributed by atoms with Gasteiger partial charge >= 0.3 is 6.61 Å². The highest BCUT2D eigenvalue weighted by Gasteiger charge is 2.17. The first-order chi connectivity index (χ1) is 9.20. The van der Waals surface area contributed by atoms with E-state index in [1.165, 1.54) is 24.1 Å². The Labute approximate surface area is 111 Å². The van der Waals surface area contributed by atoms with Crippen molar-refractivity contribution in [2.45, 2.75) is 38.3 Å². The van der Waals surface area contributed by atoms with E-state index in [0.29, 0.717) is 0 Å². The van der Waals surface area contributed by atoms with Crippen molar-refractivity contribution in [3.05, 3.63) is 41.5 Å². The normalized spacial score (nSPS) is 17.2. The van der Waals surface area contributed by atoms with Gasteiger partial charge in [-0.1, -0.05) is 23.8 Å². The number of hydrogen-bond acceptors (Lipinski definition) is 3. The number of allylic oxidation sites excluding steroid dienone is 1. The van der Waals surface area contributed by atoms with Crippen LogP contribution in [0.15, 0.2) is 35.9 Å². The molecule has 0 amide bonds.